The van der Waals surface area contributed by atoms with Gasteiger partial charge >= 0.3 is 0 Å². The third-order valence-corrected chi connectivity index (χ3v) is 3.39. The molecule has 18 heavy (non-hydrogen) atoms. The Morgan fingerprint density at radius 3 is 3.00 bits per heavy atom. The van der Waals surface area contributed by atoms with Crippen LogP contribution < -0.4 is 10.1 Å². The summed E-state index contributed by atoms with van der Waals surface area (Å²) in [6, 6.07) is 4.66. The summed E-state index contributed by atoms with van der Waals surface area (Å²) in [5.74, 6) is -0.195. The fourth-order valence-corrected chi connectivity index (χ4v) is 2.32. The van der Waals surface area contributed by atoms with E-state index in [1.165, 1.54) is 17.4 Å². The maximum atomic E-state index is 13.5. The van der Waals surface area contributed by atoms with Gasteiger partial charge in [-0.2, -0.15) is 0 Å². The number of halogens is 2. The molecule has 0 aliphatic heterocycles. The minimum absolute atomic E-state index is 0.207. The van der Waals surface area contributed by atoms with E-state index in [4.69, 9.17) is 4.74 Å². The maximum Gasteiger partial charge on any atom is 0.205 e. The molecule has 4 nitrogen and oxygen atoms in total. The molecule has 1 aromatic heterocycles. The first-order valence-electron chi connectivity index (χ1n) is 5.33. The van der Waals surface area contributed by atoms with E-state index < -0.39 is 5.82 Å². The largest absolute Gasteiger partial charge is 0.483 e. The lowest BCUT2D eigenvalue weighted by Gasteiger charge is -2.04. The summed E-state index contributed by atoms with van der Waals surface area (Å²) < 4.78 is 19.5. The number of hydrogen-bond acceptors (Lipinski definition) is 5. The average Bonchev–Trinajstić information content (AvgIpc) is 2.76. The van der Waals surface area contributed by atoms with Crippen LogP contribution in [0.25, 0.3) is 0 Å². The molecule has 96 valence electrons. The number of hydrogen-bond donors (Lipinski definition) is 1. The first-order chi connectivity index (χ1) is 8.69. The van der Waals surface area contributed by atoms with Crippen LogP contribution in [-0.4, -0.2) is 16.7 Å². The molecule has 0 saturated heterocycles. The summed E-state index contributed by atoms with van der Waals surface area (Å²) >= 11 is 4.58. The van der Waals surface area contributed by atoms with Crippen LogP contribution in [0.2, 0.25) is 0 Å². The van der Waals surface area contributed by atoms with E-state index in [1.54, 1.807) is 12.1 Å². The van der Waals surface area contributed by atoms with E-state index in [0.29, 0.717) is 9.48 Å². The molecular weight excluding hydrogens is 321 g/mol. The van der Waals surface area contributed by atoms with Gasteiger partial charge in [-0.3, -0.25) is 0 Å². The van der Waals surface area contributed by atoms with Crippen LogP contribution in [0.15, 0.2) is 22.7 Å². The SMILES string of the molecule is CCNc1nnc(COc2ccc(Br)cc2F)s1. The second-order valence-corrected chi connectivity index (χ2v) is 5.37. The number of nitrogens with one attached hydrogen (secondary N) is 1. The van der Waals surface area contributed by atoms with Gasteiger partial charge in [-0.15, -0.1) is 10.2 Å². The summed E-state index contributed by atoms with van der Waals surface area (Å²) in [4.78, 5) is 0. The van der Waals surface area contributed by atoms with Gasteiger partial charge in [0, 0.05) is 11.0 Å². The van der Waals surface area contributed by atoms with Crippen LogP contribution in [0, 0.1) is 5.82 Å². The topological polar surface area (TPSA) is 47.0 Å². The van der Waals surface area contributed by atoms with Crippen LogP contribution in [0.1, 0.15) is 11.9 Å². The summed E-state index contributed by atoms with van der Waals surface area (Å²) in [6.07, 6.45) is 0. The number of ether oxygens (including phenoxy) is 1. The Kier molecular flexibility index (Phi) is 4.48. The van der Waals surface area contributed by atoms with Crippen LogP contribution in [-0.2, 0) is 6.61 Å². The molecule has 0 atom stereocenters. The van der Waals surface area contributed by atoms with Crippen LogP contribution >= 0.6 is 27.3 Å². The lowest BCUT2D eigenvalue weighted by Crippen LogP contribution is -1.96. The van der Waals surface area contributed by atoms with Gasteiger partial charge < -0.3 is 10.1 Å². The Balaban J connectivity index is 1.97. The van der Waals surface area contributed by atoms with Gasteiger partial charge in [-0.25, -0.2) is 4.39 Å². The van der Waals surface area contributed by atoms with Gasteiger partial charge in [0.2, 0.25) is 5.13 Å². The second kappa shape index (κ2) is 6.10. The van der Waals surface area contributed by atoms with Crippen molar-refractivity contribution in [2.24, 2.45) is 0 Å². The Bertz CT molecular complexity index is 535. The molecule has 0 saturated carbocycles. The second-order valence-electron chi connectivity index (χ2n) is 3.39. The molecule has 7 heteroatoms. The molecule has 0 aliphatic rings. The summed E-state index contributed by atoms with van der Waals surface area (Å²) in [5.41, 5.74) is 0. The van der Waals surface area contributed by atoms with Crippen LogP contribution in [0.5, 0.6) is 5.75 Å². The monoisotopic (exact) mass is 331 g/mol. The van der Waals surface area contributed by atoms with E-state index in [0.717, 1.165) is 11.7 Å². The lowest BCUT2D eigenvalue weighted by atomic mass is 10.3. The summed E-state index contributed by atoms with van der Waals surface area (Å²) in [7, 11) is 0. The highest BCUT2D eigenvalue weighted by Crippen LogP contribution is 2.23. The molecule has 2 aromatic rings. The zero-order valence-electron chi connectivity index (χ0n) is 9.61. The van der Waals surface area contributed by atoms with E-state index >= 15 is 0 Å². The Morgan fingerprint density at radius 2 is 2.28 bits per heavy atom. The van der Waals surface area contributed by atoms with E-state index in [-0.39, 0.29) is 12.4 Å². The van der Waals surface area contributed by atoms with Crippen LogP contribution in [0.3, 0.4) is 0 Å². The van der Waals surface area contributed by atoms with Gasteiger partial charge in [0.15, 0.2) is 16.6 Å². The summed E-state index contributed by atoms with van der Waals surface area (Å²) in [6.45, 7) is 2.98. The number of rotatable bonds is 5. The predicted molar refractivity (Wildman–Crippen MR) is 72.5 cm³/mol. The highest BCUT2D eigenvalue weighted by Gasteiger charge is 2.07. The molecule has 0 spiro atoms. The van der Waals surface area contributed by atoms with E-state index in [2.05, 4.69) is 31.4 Å². The van der Waals surface area contributed by atoms with Gasteiger partial charge in [-0.1, -0.05) is 27.3 Å². The lowest BCUT2D eigenvalue weighted by molar-refractivity contribution is 0.289. The number of nitrogens with zero attached hydrogens (tertiary/aromatic N) is 2. The van der Waals surface area contributed by atoms with Crippen molar-refractivity contribution in [2.45, 2.75) is 13.5 Å². The van der Waals surface area contributed by atoms with Crippen molar-refractivity contribution in [3.63, 3.8) is 0 Å². The minimum Gasteiger partial charge on any atom is -0.483 e. The van der Waals surface area contributed by atoms with Crippen molar-refractivity contribution in [1.82, 2.24) is 10.2 Å². The maximum absolute atomic E-state index is 13.5. The van der Waals surface area contributed by atoms with Crippen molar-refractivity contribution in [2.75, 3.05) is 11.9 Å². The zero-order valence-corrected chi connectivity index (χ0v) is 12.0. The summed E-state index contributed by atoms with van der Waals surface area (Å²) in [5, 5.41) is 12.4. The zero-order chi connectivity index (χ0) is 13.0. The Morgan fingerprint density at radius 1 is 1.44 bits per heavy atom. The molecular formula is C11H11BrFN3OS. The van der Waals surface area contributed by atoms with Crippen molar-refractivity contribution >= 4 is 32.4 Å². The molecule has 1 heterocycles. The first-order valence-corrected chi connectivity index (χ1v) is 6.94. The first kappa shape index (κ1) is 13.2. The highest BCUT2D eigenvalue weighted by atomic mass is 79.9. The predicted octanol–water partition coefficient (Wildman–Crippen LogP) is 3.45. The Hall–Kier alpha value is -1.21. The quantitative estimate of drug-likeness (QED) is 0.911. The average molecular weight is 332 g/mol. The fourth-order valence-electron chi connectivity index (χ4n) is 1.27. The molecule has 0 amide bonds. The van der Waals surface area contributed by atoms with Gasteiger partial charge in [-0.05, 0) is 25.1 Å². The minimum atomic E-state index is -0.402. The van der Waals surface area contributed by atoms with Crippen molar-refractivity contribution in [3.05, 3.63) is 33.5 Å². The molecule has 1 aromatic carbocycles. The van der Waals surface area contributed by atoms with Gasteiger partial charge in [0.1, 0.15) is 6.61 Å². The van der Waals surface area contributed by atoms with Crippen LogP contribution in [0.4, 0.5) is 9.52 Å². The normalized spacial score (nSPS) is 10.4. The van der Waals surface area contributed by atoms with E-state index in [1.807, 2.05) is 6.92 Å². The molecule has 1 N–H and O–H groups in total. The number of anilines is 1. The number of aromatic nitrogens is 2. The van der Waals surface area contributed by atoms with Crippen molar-refractivity contribution in [3.8, 4) is 5.75 Å². The third-order valence-electron chi connectivity index (χ3n) is 2.04. The molecule has 0 unspecified atom stereocenters. The highest BCUT2D eigenvalue weighted by molar-refractivity contribution is 9.10. The fraction of sp³-hybridized carbons (Fsp3) is 0.273. The molecule has 0 radical (unpaired) electrons. The smallest absolute Gasteiger partial charge is 0.205 e. The molecule has 0 aliphatic carbocycles. The van der Waals surface area contributed by atoms with Gasteiger partial charge in [0.25, 0.3) is 0 Å². The Labute approximate surface area is 116 Å². The molecule has 0 fully saturated rings. The standard InChI is InChI=1S/C11H11BrFN3OS/c1-2-14-11-16-15-10(18-11)6-17-9-4-3-7(12)5-8(9)13/h3-5H,2,6H2,1H3,(H,14,16). The van der Waals surface area contributed by atoms with Gasteiger partial charge in [0.05, 0.1) is 0 Å². The number of benzene rings is 1. The molecule has 2 rings (SSSR count). The third kappa shape index (κ3) is 3.39. The van der Waals surface area contributed by atoms with Crippen molar-refractivity contribution in [1.29, 1.82) is 0 Å². The van der Waals surface area contributed by atoms with E-state index in [9.17, 15) is 4.39 Å². The molecule has 0 bridgehead atoms. The van der Waals surface area contributed by atoms with Crippen molar-refractivity contribution < 1.29 is 9.13 Å².